The fraction of sp³-hybridized carbons (Fsp3) is 0.0536. The van der Waals surface area contributed by atoms with E-state index < -0.39 is 0 Å². The molecule has 0 aliphatic heterocycles. The summed E-state index contributed by atoms with van der Waals surface area (Å²) in [7, 11) is 0. The predicted octanol–water partition coefficient (Wildman–Crippen LogP) is 15.1. The van der Waals surface area contributed by atoms with Crippen LogP contribution in [0.2, 0.25) is 0 Å². The van der Waals surface area contributed by atoms with Gasteiger partial charge in [-0.05, 0) is 100 Å². The number of nitrogens with two attached hydrogens (primary N) is 1. The van der Waals surface area contributed by atoms with Gasteiger partial charge in [-0.3, -0.25) is 0 Å². The monoisotopic (exact) mass is 764 g/mol. The number of hydrogen-bond acceptors (Lipinski definition) is 3. The number of nitrogens with one attached hydrogen (secondary N) is 1. The molecule has 0 fully saturated rings. The number of hydrogen-bond donors (Lipinski definition) is 2. The molecule has 0 aliphatic carbocycles. The minimum Gasteiger partial charge on any atom is -0.455 e. The van der Waals surface area contributed by atoms with Crippen LogP contribution in [0.3, 0.4) is 0 Å². The van der Waals surface area contributed by atoms with Gasteiger partial charge in [0.2, 0.25) is 0 Å². The fourth-order valence-electron chi connectivity index (χ4n) is 7.28. The Hall–Kier alpha value is -7.33. The number of fused-ring (bicyclic) bond motifs is 4. The van der Waals surface area contributed by atoms with Crippen LogP contribution in [0.5, 0.6) is 0 Å². The Bertz CT molecular complexity index is 2910. The van der Waals surface area contributed by atoms with Crippen LogP contribution in [0.4, 0.5) is 0 Å². The highest BCUT2D eigenvalue weighted by atomic mass is 16.3. The molecule has 3 N–H and O–H groups in total. The summed E-state index contributed by atoms with van der Waals surface area (Å²) in [5, 5.41) is 10.2. The summed E-state index contributed by atoms with van der Waals surface area (Å²) in [5.74, 6) is 0. The Labute approximate surface area is 347 Å². The SMILES string of the molecule is C=N.Cc1cccc(-c2cccc(-c3cccc(-c4cccc5c4oc4cc6ccccc6cc45)c3)c2)c1.Cc1ccccc1.NCc1ccc(-c2ccccc2)cc1. The summed E-state index contributed by atoms with van der Waals surface area (Å²) in [6, 6.07) is 74.5. The molecule has 0 aliphatic rings. The summed E-state index contributed by atoms with van der Waals surface area (Å²) >= 11 is 0. The molecule has 1 heterocycles. The summed E-state index contributed by atoms with van der Waals surface area (Å²) < 4.78 is 6.48. The maximum absolute atomic E-state index is 6.48. The lowest BCUT2D eigenvalue weighted by Gasteiger charge is -2.09. The lowest BCUT2D eigenvalue weighted by Crippen LogP contribution is -1.95. The van der Waals surface area contributed by atoms with Gasteiger partial charge in [-0.25, -0.2) is 0 Å². The number of aryl methyl sites for hydroxylation is 2. The molecule has 0 atom stereocenters. The lowest BCUT2D eigenvalue weighted by molar-refractivity contribution is 0.670. The molecule has 9 aromatic carbocycles. The van der Waals surface area contributed by atoms with Crippen LogP contribution in [0.1, 0.15) is 16.7 Å². The van der Waals surface area contributed by atoms with Crippen LogP contribution in [-0.4, -0.2) is 6.72 Å². The van der Waals surface area contributed by atoms with Gasteiger partial charge in [0.15, 0.2) is 0 Å². The van der Waals surface area contributed by atoms with Crippen LogP contribution < -0.4 is 5.73 Å². The average molecular weight is 765 g/mol. The van der Waals surface area contributed by atoms with Crippen molar-refractivity contribution in [1.82, 2.24) is 0 Å². The molecular weight excluding hydrogens is 717 g/mol. The van der Waals surface area contributed by atoms with Crippen molar-refractivity contribution >= 4 is 39.4 Å². The van der Waals surface area contributed by atoms with Crippen molar-refractivity contribution in [2.45, 2.75) is 20.4 Å². The van der Waals surface area contributed by atoms with Gasteiger partial charge in [-0.1, -0.05) is 199 Å². The second-order valence-corrected chi connectivity index (χ2v) is 14.4. The van der Waals surface area contributed by atoms with E-state index >= 15 is 0 Å². The Kier molecular flexibility index (Phi) is 13.0. The quantitative estimate of drug-likeness (QED) is 0.171. The number of benzene rings is 9. The first-order chi connectivity index (χ1) is 29.0. The molecule has 10 aromatic rings. The molecule has 0 radical (unpaired) electrons. The maximum Gasteiger partial charge on any atom is 0.143 e. The molecule has 3 nitrogen and oxygen atoms in total. The number of furan rings is 1. The van der Waals surface area contributed by atoms with Crippen LogP contribution in [-0.2, 0) is 6.54 Å². The Balaban J connectivity index is 0.000000188. The third kappa shape index (κ3) is 9.62. The fourth-order valence-corrected chi connectivity index (χ4v) is 7.28. The highest BCUT2D eigenvalue weighted by Crippen LogP contribution is 2.38. The van der Waals surface area contributed by atoms with Gasteiger partial charge in [0, 0.05) is 22.9 Å². The Morgan fingerprint density at radius 1 is 0.407 bits per heavy atom. The molecule has 10 rings (SSSR count). The van der Waals surface area contributed by atoms with Crippen molar-refractivity contribution in [3.05, 3.63) is 229 Å². The van der Waals surface area contributed by atoms with Crippen molar-refractivity contribution in [3.8, 4) is 44.5 Å². The normalized spacial score (nSPS) is 10.5. The zero-order chi connectivity index (χ0) is 41.0. The topological polar surface area (TPSA) is 63.0 Å². The third-order valence-corrected chi connectivity index (χ3v) is 10.3. The summed E-state index contributed by atoms with van der Waals surface area (Å²) in [6.45, 7) is 7.33. The van der Waals surface area contributed by atoms with Crippen LogP contribution >= 0.6 is 0 Å². The van der Waals surface area contributed by atoms with E-state index in [4.69, 9.17) is 15.6 Å². The molecule has 59 heavy (non-hydrogen) atoms. The second kappa shape index (κ2) is 19.2. The van der Waals surface area contributed by atoms with Crippen LogP contribution in [0, 0.1) is 19.3 Å². The van der Waals surface area contributed by atoms with E-state index in [1.807, 2.05) is 36.4 Å². The van der Waals surface area contributed by atoms with Gasteiger partial charge in [0.05, 0.1) is 0 Å². The molecule has 0 unspecified atom stereocenters. The standard InChI is InChI=1S/C35H24O.C13H13N.C7H8.CH3N/c1-23-8-4-11-24(18-23)25-12-5-13-26(19-25)27-14-6-15-30(20-27)31-16-7-17-32-33-21-28-9-2-3-10-29(28)22-34(33)36-35(31)32;14-10-11-6-8-13(9-7-11)12-4-2-1-3-5-12;1-7-5-3-2-4-6-7;1-2/h2-22H,1H3;1-9H,10,14H2;2-6H,1H3;2H,1H2. The van der Waals surface area contributed by atoms with Crippen molar-refractivity contribution in [1.29, 1.82) is 5.41 Å². The first-order valence-electron chi connectivity index (χ1n) is 19.9. The first kappa shape index (κ1) is 39.9. The largest absolute Gasteiger partial charge is 0.455 e. The van der Waals surface area contributed by atoms with Gasteiger partial charge < -0.3 is 15.6 Å². The highest BCUT2D eigenvalue weighted by molar-refractivity contribution is 6.13. The van der Waals surface area contributed by atoms with E-state index in [0.717, 1.165) is 33.1 Å². The summed E-state index contributed by atoms with van der Waals surface area (Å²) in [5.41, 5.74) is 20.8. The van der Waals surface area contributed by atoms with E-state index in [1.165, 1.54) is 60.8 Å². The van der Waals surface area contributed by atoms with Crippen molar-refractivity contribution in [2.75, 3.05) is 0 Å². The predicted molar refractivity (Wildman–Crippen MR) is 253 cm³/mol. The van der Waals surface area contributed by atoms with Crippen molar-refractivity contribution in [3.63, 3.8) is 0 Å². The van der Waals surface area contributed by atoms with Crippen LogP contribution in [0.15, 0.2) is 217 Å². The molecular formula is C56H48N2O. The van der Waals surface area contributed by atoms with Gasteiger partial charge in [0.1, 0.15) is 11.2 Å². The van der Waals surface area contributed by atoms with Crippen LogP contribution in [0.25, 0.3) is 77.2 Å². The van der Waals surface area contributed by atoms with Crippen molar-refractivity contribution in [2.24, 2.45) is 5.73 Å². The zero-order valence-electron chi connectivity index (χ0n) is 33.6. The highest BCUT2D eigenvalue weighted by Gasteiger charge is 2.14. The maximum atomic E-state index is 6.48. The van der Waals surface area contributed by atoms with Gasteiger partial charge in [-0.15, -0.1) is 0 Å². The molecule has 288 valence electrons. The van der Waals surface area contributed by atoms with E-state index in [1.54, 1.807) is 0 Å². The van der Waals surface area contributed by atoms with E-state index in [9.17, 15) is 0 Å². The molecule has 0 saturated carbocycles. The molecule has 0 saturated heterocycles. The molecule has 0 amide bonds. The zero-order valence-corrected chi connectivity index (χ0v) is 33.6. The van der Waals surface area contributed by atoms with E-state index in [2.05, 4.69) is 196 Å². The summed E-state index contributed by atoms with van der Waals surface area (Å²) in [6.07, 6.45) is 0. The lowest BCUT2D eigenvalue weighted by atomic mass is 9.95. The Morgan fingerprint density at radius 2 is 0.881 bits per heavy atom. The number of rotatable bonds is 5. The minimum absolute atomic E-state index is 0.606. The molecule has 1 aromatic heterocycles. The smallest absolute Gasteiger partial charge is 0.143 e. The van der Waals surface area contributed by atoms with E-state index in [-0.39, 0.29) is 0 Å². The summed E-state index contributed by atoms with van der Waals surface area (Å²) in [4.78, 5) is 0. The molecule has 0 bridgehead atoms. The third-order valence-electron chi connectivity index (χ3n) is 10.3. The molecule has 0 spiro atoms. The average Bonchev–Trinajstić information content (AvgIpc) is 3.67. The number of para-hydroxylation sites is 1. The first-order valence-corrected chi connectivity index (χ1v) is 19.9. The minimum atomic E-state index is 0.606. The second-order valence-electron chi connectivity index (χ2n) is 14.4. The Morgan fingerprint density at radius 3 is 1.47 bits per heavy atom. The van der Waals surface area contributed by atoms with Gasteiger partial charge in [-0.2, -0.15) is 0 Å². The van der Waals surface area contributed by atoms with Gasteiger partial charge in [0.25, 0.3) is 0 Å². The molecule has 3 heteroatoms. The van der Waals surface area contributed by atoms with E-state index in [0.29, 0.717) is 6.54 Å². The van der Waals surface area contributed by atoms with Crippen molar-refractivity contribution < 1.29 is 4.42 Å². The van der Waals surface area contributed by atoms with Gasteiger partial charge >= 0.3 is 0 Å².